The molecule has 0 aliphatic carbocycles. The number of carbonyl (C=O) groups excluding carboxylic acids is 1. The van der Waals surface area contributed by atoms with Crippen LogP contribution in [0.25, 0.3) is 0 Å². The molecule has 4 heteroatoms. The first kappa shape index (κ1) is 14.9. The van der Waals surface area contributed by atoms with Crippen LogP contribution in [-0.2, 0) is 11.3 Å². The van der Waals surface area contributed by atoms with E-state index in [1.807, 2.05) is 4.90 Å². The van der Waals surface area contributed by atoms with Gasteiger partial charge < -0.3 is 9.80 Å². The predicted octanol–water partition coefficient (Wildman–Crippen LogP) is 1.81. The molecule has 0 bridgehead atoms. The summed E-state index contributed by atoms with van der Waals surface area (Å²) in [6.45, 7) is 11.1. The fourth-order valence-corrected chi connectivity index (χ4v) is 2.69. The van der Waals surface area contributed by atoms with Gasteiger partial charge in [-0.2, -0.15) is 0 Å². The van der Waals surface area contributed by atoms with Crippen molar-refractivity contribution in [3.8, 4) is 0 Å². The molecule has 0 saturated carbocycles. The lowest BCUT2D eigenvalue weighted by atomic mass is 10.1. The zero-order valence-electron chi connectivity index (χ0n) is 12.6. The Morgan fingerprint density at radius 1 is 1.05 bits per heavy atom. The van der Waals surface area contributed by atoms with Gasteiger partial charge in [0.05, 0.1) is 0 Å². The molecule has 1 aromatic carbocycles. The fourth-order valence-electron chi connectivity index (χ4n) is 2.69. The Morgan fingerprint density at radius 3 is 2.15 bits per heavy atom. The van der Waals surface area contributed by atoms with Crippen molar-refractivity contribution in [1.82, 2.24) is 9.80 Å². The highest BCUT2D eigenvalue weighted by Crippen LogP contribution is 2.16. The van der Waals surface area contributed by atoms with E-state index in [4.69, 9.17) is 0 Å². The minimum atomic E-state index is 0.848. The van der Waals surface area contributed by atoms with Crippen LogP contribution < -0.4 is 4.90 Å². The molecule has 110 valence electrons. The summed E-state index contributed by atoms with van der Waals surface area (Å²) < 4.78 is 0. The SMILES string of the molecule is CCN(CC)c1ccc(CN2CCN(C=O)CC2)cc1. The number of piperazine rings is 1. The van der Waals surface area contributed by atoms with Crippen LogP contribution in [0, 0.1) is 0 Å². The summed E-state index contributed by atoms with van der Waals surface area (Å²) in [6.07, 6.45) is 0.955. The van der Waals surface area contributed by atoms with Crippen molar-refractivity contribution < 1.29 is 4.79 Å². The molecule has 20 heavy (non-hydrogen) atoms. The van der Waals surface area contributed by atoms with Gasteiger partial charge in [-0.15, -0.1) is 0 Å². The first-order valence-corrected chi connectivity index (χ1v) is 7.52. The van der Waals surface area contributed by atoms with E-state index < -0.39 is 0 Å². The molecule has 4 nitrogen and oxygen atoms in total. The first-order valence-electron chi connectivity index (χ1n) is 7.52. The maximum absolute atomic E-state index is 10.7. The number of hydrogen-bond donors (Lipinski definition) is 0. The smallest absolute Gasteiger partial charge is 0.209 e. The molecule has 1 heterocycles. The highest BCUT2D eigenvalue weighted by atomic mass is 16.1. The summed E-state index contributed by atoms with van der Waals surface area (Å²) >= 11 is 0. The number of rotatable bonds is 6. The van der Waals surface area contributed by atoms with Crippen molar-refractivity contribution in [2.24, 2.45) is 0 Å². The molecule has 1 fully saturated rings. The summed E-state index contributed by atoms with van der Waals surface area (Å²) in [5.41, 5.74) is 2.64. The van der Waals surface area contributed by atoms with Crippen molar-refractivity contribution in [2.45, 2.75) is 20.4 Å². The standard InChI is InChI=1S/C16H25N3O/c1-3-19(4-2)16-7-5-15(6-8-16)13-17-9-11-18(14-20)12-10-17/h5-8,14H,3-4,9-13H2,1-2H3. The van der Waals surface area contributed by atoms with Crippen LogP contribution in [-0.4, -0.2) is 55.5 Å². The molecular weight excluding hydrogens is 250 g/mol. The van der Waals surface area contributed by atoms with Crippen molar-refractivity contribution in [3.05, 3.63) is 29.8 Å². The summed E-state index contributed by atoms with van der Waals surface area (Å²) in [4.78, 5) is 17.3. The normalized spacial score (nSPS) is 16.2. The van der Waals surface area contributed by atoms with Crippen LogP contribution in [0.15, 0.2) is 24.3 Å². The Hall–Kier alpha value is -1.55. The Balaban J connectivity index is 1.89. The zero-order chi connectivity index (χ0) is 14.4. The van der Waals surface area contributed by atoms with Gasteiger partial charge in [0.2, 0.25) is 6.41 Å². The average Bonchev–Trinajstić information content (AvgIpc) is 2.51. The fraction of sp³-hybridized carbons (Fsp3) is 0.562. The van der Waals surface area contributed by atoms with Gasteiger partial charge in [0, 0.05) is 51.5 Å². The van der Waals surface area contributed by atoms with Crippen LogP contribution in [0.2, 0.25) is 0 Å². The molecule has 0 radical (unpaired) electrons. The molecule has 1 aliphatic heterocycles. The van der Waals surface area contributed by atoms with Crippen molar-refractivity contribution in [2.75, 3.05) is 44.2 Å². The van der Waals surface area contributed by atoms with Gasteiger partial charge in [0.25, 0.3) is 0 Å². The maximum Gasteiger partial charge on any atom is 0.209 e. The number of amides is 1. The highest BCUT2D eigenvalue weighted by molar-refractivity contribution is 5.48. The van der Waals surface area contributed by atoms with Crippen LogP contribution >= 0.6 is 0 Å². The molecule has 0 spiro atoms. The number of carbonyl (C=O) groups is 1. The predicted molar refractivity (Wildman–Crippen MR) is 82.9 cm³/mol. The lowest BCUT2D eigenvalue weighted by Gasteiger charge is -2.32. The molecule has 1 aliphatic rings. The molecule has 1 amide bonds. The zero-order valence-corrected chi connectivity index (χ0v) is 12.6. The van der Waals surface area contributed by atoms with E-state index in [9.17, 15) is 4.79 Å². The number of benzene rings is 1. The van der Waals surface area contributed by atoms with Crippen LogP contribution in [0.5, 0.6) is 0 Å². The third kappa shape index (κ3) is 3.73. The average molecular weight is 275 g/mol. The number of nitrogens with zero attached hydrogens (tertiary/aromatic N) is 3. The Labute approximate surface area is 122 Å². The molecule has 2 rings (SSSR count). The van der Waals surface area contributed by atoms with Crippen LogP contribution in [0.1, 0.15) is 19.4 Å². The molecule has 1 saturated heterocycles. The van der Waals surface area contributed by atoms with Crippen LogP contribution in [0.3, 0.4) is 0 Å². The molecule has 0 unspecified atom stereocenters. The van der Waals surface area contributed by atoms with Crippen molar-refractivity contribution in [3.63, 3.8) is 0 Å². The molecule has 0 atom stereocenters. The quantitative estimate of drug-likeness (QED) is 0.741. The maximum atomic E-state index is 10.7. The highest BCUT2D eigenvalue weighted by Gasteiger charge is 2.15. The van der Waals surface area contributed by atoms with Gasteiger partial charge in [-0.3, -0.25) is 9.69 Å². The number of anilines is 1. The largest absolute Gasteiger partial charge is 0.372 e. The van der Waals surface area contributed by atoms with Crippen molar-refractivity contribution >= 4 is 12.1 Å². The minimum absolute atomic E-state index is 0.848. The Bertz CT molecular complexity index is 406. The van der Waals surface area contributed by atoms with E-state index in [1.165, 1.54) is 11.3 Å². The summed E-state index contributed by atoms with van der Waals surface area (Å²) in [5.74, 6) is 0. The summed E-state index contributed by atoms with van der Waals surface area (Å²) in [6, 6.07) is 8.87. The Morgan fingerprint density at radius 2 is 1.65 bits per heavy atom. The van der Waals surface area contributed by atoms with Gasteiger partial charge in [-0.25, -0.2) is 0 Å². The van der Waals surface area contributed by atoms with Gasteiger partial charge in [-0.1, -0.05) is 12.1 Å². The second-order valence-electron chi connectivity index (χ2n) is 5.26. The monoisotopic (exact) mass is 275 g/mol. The van der Waals surface area contributed by atoms with Gasteiger partial charge >= 0.3 is 0 Å². The van der Waals surface area contributed by atoms with Gasteiger partial charge in [-0.05, 0) is 31.5 Å². The molecule has 1 aromatic rings. The summed E-state index contributed by atoms with van der Waals surface area (Å²) in [5, 5.41) is 0. The second kappa shape index (κ2) is 7.29. The lowest BCUT2D eigenvalue weighted by Crippen LogP contribution is -2.45. The van der Waals surface area contributed by atoms with Crippen LogP contribution in [0.4, 0.5) is 5.69 Å². The first-order chi connectivity index (χ1) is 9.76. The van der Waals surface area contributed by atoms with E-state index in [0.29, 0.717) is 0 Å². The van der Waals surface area contributed by atoms with E-state index in [1.54, 1.807) is 0 Å². The van der Waals surface area contributed by atoms with E-state index in [2.05, 4.69) is 47.9 Å². The summed E-state index contributed by atoms with van der Waals surface area (Å²) in [7, 11) is 0. The van der Waals surface area contributed by atoms with E-state index in [-0.39, 0.29) is 0 Å². The number of hydrogen-bond acceptors (Lipinski definition) is 3. The third-order valence-electron chi connectivity index (χ3n) is 4.03. The van der Waals surface area contributed by atoms with Gasteiger partial charge in [0.15, 0.2) is 0 Å². The van der Waals surface area contributed by atoms with Crippen molar-refractivity contribution in [1.29, 1.82) is 0 Å². The third-order valence-corrected chi connectivity index (χ3v) is 4.03. The lowest BCUT2D eigenvalue weighted by molar-refractivity contribution is -0.119. The molecule has 0 N–H and O–H groups in total. The molecular formula is C16H25N3O. The second-order valence-corrected chi connectivity index (χ2v) is 5.26. The van der Waals surface area contributed by atoms with E-state index >= 15 is 0 Å². The Kier molecular flexibility index (Phi) is 5.41. The molecule has 0 aromatic heterocycles. The minimum Gasteiger partial charge on any atom is -0.372 e. The topological polar surface area (TPSA) is 26.8 Å². The van der Waals surface area contributed by atoms with Gasteiger partial charge in [0.1, 0.15) is 0 Å². The van der Waals surface area contributed by atoms with E-state index in [0.717, 1.165) is 52.2 Å².